The molecule has 4 aromatic carbocycles. The van der Waals surface area contributed by atoms with Crippen molar-refractivity contribution in [2.45, 2.75) is 37.4 Å². The fraction of sp³-hybridized carbons (Fsp3) is 0.184. The van der Waals surface area contributed by atoms with E-state index in [0.717, 1.165) is 5.56 Å². The number of pyridine rings is 1. The van der Waals surface area contributed by atoms with Crippen molar-refractivity contribution in [1.29, 1.82) is 5.26 Å². The highest BCUT2D eigenvalue weighted by atomic mass is 35.5. The molecule has 1 aliphatic heterocycles. The molecule has 52 heavy (non-hydrogen) atoms. The van der Waals surface area contributed by atoms with Gasteiger partial charge in [-0.2, -0.15) is 5.26 Å². The van der Waals surface area contributed by atoms with E-state index in [0.29, 0.717) is 65.0 Å². The third kappa shape index (κ3) is 7.32. The van der Waals surface area contributed by atoms with Gasteiger partial charge in [0.2, 0.25) is 0 Å². The van der Waals surface area contributed by atoms with Crippen LogP contribution in [0.25, 0.3) is 10.9 Å². The van der Waals surface area contributed by atoms with Gasteiger partial charge >= 0.3 is 6.09 Å². The molecule has 10 nitrogen and oxygen atoms in total. The summed E-state index contributed by atoms with van der Waals surface area (Å²) in [5.41, 5.74) is 4.06. The Labute approximate surface area is 307 Å². The number of aromatic nitrogens is 4. The van der Waals surface area contributed by atoms with E-state index < -0.39 is 23.8 Å². The van der Waals surface area contributed by atoms with Crippen LogP contribution in [0.1, 0.15) is 47.3 Å². The van der Waals surface area contributed by atoms with Crippen LogP contribution in [0.4, 0.5) is 30.6 Å². The Morgan fingerprint density at radius 1 is 1.02 bits per heavy atom. The van der Waals surface area contributed by atoms with Gasteiger partial charge in [-0.25, -0.2) is 18.3 Å². The van der Waals surface area contributed by atoms with Crippen molar-refractivity contribution >= 4 is 57.3 Å². The normalized spacial score (nSPS) is 16.3. The molecule has 3 unspecified atom stereocenters. The summed E-state index contributed by atoms with van der Waals surface area (Å²) < 4.78 is 30.3. The molecule has 3 heterocycles. The first-order valence-corrected chi connectivity index (χ1v) is 17.1. The van der Waals surface area contributed by atoms with Gasteiger partial charge in [0.25, 0.3) is 0 Å². The fourth-order valence-corrected chi connectivity index (χ4v) is 7.11. The number of nitrogens with zero attached hydrogens (tertiary/aromatic N) is 6. The van der Waals surface area contributed by atoms with Crippen LogP contribution >= 0.6 is 23.2 Å². The quantitative estimate of drug-likeness (QED) is 0.134. The molecule has 3 atom stereocenters. The third-order valence-corrected chi connectivity index (χ3v) is 9.75. The first kappa shape index (κ1) is 34.7. The summed E-state index contributed by atoms with van der Waals surface area (Å²) in [6.07, 6.45) is 3.88. The highest BCUT2D eigenvalue weighted by Gasteiger charge is 2.33. The lowest BCUT2D eigenvalue weighted by Crippen LogP contribution is -2.47. The maximum absolute atomic E-state index is 14.6. The summed E-state index contributed by atoms with van der Waals surface area (Å²) in [5.74, 6) is -1.02. The van der Waals surface area contributed by atoms with Crippen molar-refractivity contribution in [3.63, 3.8) is 0 Å². The number of amides is 1. The molecule has 1 aliphatic rings. The average Bonchev–Trinajstić information content (AvgIpc) is 3.63. The molecule has 0 spiro atoms. The van der Waals surface area contributed by atoms with Crippen molar-refractivity contribution < 1.29 is 18.7 Å². The Hall–Kier alpha value is -5.77. The number of benzene rings is 4. The molecule has 1 saturated heterocycles. The van der Waals surface area contributed by atoms with Crippen molar-refractivity contribution in [2.75, 3.05) is 17.2 Å². The largest absolute Gasteiger partial charge is 0.465 e. The predicted octanol–water partition coefficient (Wildman–Crippen LogP) is 9.15. The van der Waals surface area contributed by atoms with Crippen LogP contribution in [0.5, 0.6) is 0 Å². The minimum Gasteiger partial charge on any atom is -0.465 e. The lowest BCUT2D eigenvalue weighted by atomic mass is 9.92. The van der Waals surface area contributed by atoms with Crippen LogP contribution in [0, 0.1) is 23.0 Å². The van der Waals surface area contributed by atoms with Gasteiger partial charge < -0.3 is 20.6 Å². The number of halogens is 4. The number of likely N-dealkylation sites (tertiary alicyclic amines) is 1. The number of hydrogen-bond acceptors (Lipinski definition) is 7. The van der Waals surface area contributed by atoms with Gasteiger partial charge in [-0.15, -0.1) is 5.10 Å². The molecule has 0 bridgehead atoms. The molecule has 262 valence electrons. The van der Waals surface area contributed by atoms with E-state index in [9.17, 15) is 23.9 Å². The molecular weight excluding hydrogens is 709 g/mol. The lowest BCUT2D eigenvalue weighted by molar-refractivity contribution is 0.0887. The summed E-state index contributed by atoms with van der Waals surface area (Å²) in [6, 6.07) is 24.5. The van der Waals surface area contributed by atoms with E-state index in [1.165, 1.54) is 41.4 Å². The van der Waals surface area contributed by atoms with Crippen molar-refractivity contribution in [3.05, 3.63) is 141 Å². The van der Waals surface area contributed by atoms with Gasteiger partial charge in [0.05, 0.1) is 45.1 Å². The number of rotatable bonds is 9. The van der Waals surface area contributed by atoms with E-state index >= 15 is 0 Å². The topological polar surface area (TPSA) is 132 Å². The maximum atomic E-state index is 14.6. The summed E-state index contributed by atoms with van der Waals surface area (Å²) in [5, 5.41) is 36.2. The summed E-state index contributed by atoms with van der Waals surface area (Å²) in [7, 11) is 0. The van der Waals surface area contributed by atoms with Crippen LogP contribution < -0.4 is 10.6 Å². The number of carbonyl (C=O) groups is 1. The van der Waals surface area contributed by atoms with E-state index in [1.54, 1.807) is 35.1 Å². The molecule has 0 radical (unpaired) electrons. The van der Waals surface area contributed by atoms with Crippen LogP contribution in [-0.2, 0) is 6.42 Å². The van der Waals surface area contributed by atoms with Crippen LogP contribution in [0.3, 0.4) is 0 Å². The molecule has 7 rings (SSSR count). The molecule has 6 aromatic rings. The highest BCUT2D eigenvalue weighted by molar-refractivity contribution is 6.36. The monoisotopic (exact) mass is 738 g/mol. The number of piperidine rings is 1. The molecule has 3 N–H and O–H groups in total. The SMILES string of the molecule is N#Cc1cnc2c(Cl)cc(NC(c3cccc(F)c3)c3cn(C4CCN(C(=O)O)C(Cc5ccccc5)C4)nn3)cc2c1Nc1ccc(F)c(Cl)c1. The van der Waals surface area contributed by atoms with Crippen molar-refractivity contribution in [2.24, 2.45) is 0 Å². The van der Waals surface area contributed by atoms with Gasteiger partial charge in [-0.1, -0.05) is 70.9 Å². The second-order valence-electron chi connectivity index (χ2n) is 12.5. The van der Waals surface area contributed by atoms with Gasteiger partial charge in [-0.3, -0.25) is 4.98 Å². The number of nitrogens with one attached hydrogen (secondary N) is 2. The van der Waals surface area contributed by atoms with Gasteiger partial charge in [-0.05, 0) is 72.9 Å². The molecular formula is C38H30Cl2F2N8O2. The van der Waals surface area contributed by atoms with Gasteiger partial charge in [0, 0.05) is 35.5 Å². The van der Waals surface area contributed by atoms with Crippen LogP contribution in [-0.4, -0.2) is 48.7 Å². The second kappa shape index (κ2) is 14.8. The molecule has 0 aliphatic carbocycles. The number of fused-ring (bicyclic) bond motifs is 1. The van der Waals surface area contributed by atoms with E-state index in [-0.39, 0.29) is 27.7 Å². The van der Waals surface area contributed by atoms with Crippen LogP contribution in [0.15, 0.2) is 97.3 Å². The zero-order valence-corrected chi connectivity index (χ0v) is 28.9. The molecule has 2 aromatic heterocycles. The standard InChI is InChI=1S/C38H30Cl2F2N8O2/c39-31-16-26(9-10-33(31)42)45-35-24(19-43)20-44-37-30(35)15-27(17-32(37)40)46-36(23-7-4-8-25(41)14-23)34-21-50(48-47-34)28-11-12-49(38(51)52)29(18-28)13-22-5-2-1-3-6-22/h1-10,14-17,20-21,28-29,36,46H,11-13,18H2,(H,44,45)(H,51,52). The molecule has 14 heteroatoms. The van der Waals surface area contributed by atoms with Gasteiger partial charge in [0.1, 0.15) is 23.4 Å². The van der Waals surface area contributed by atoms with E-state index in [2.05, 4.69) is 32.0 Å². The smallest absolute Gasteiger partial charge is 0.407 e. The van der Waals surface area contributed by atoms with Crippen LogP contribution in [0.2, 0.25) is 10.0 Å². The van der Waals surface area contributed by atoms with Crippen molar-refractivity contribution in [1.82, 2.24) is 24.9 Å². The Morgan fingerprint density at radius 2 is 1.83 bits per heavy atom. The van der Waals surface area contributed by atoms with Crippen molar-refractivity contribution in [3.8, 4) is 6.07 Å². The van der Waals surface area contributed by atoms with E-state index in [1.807, 2.05) is 30.3 Å². The first-order valence-electron chi connectivity index (χ1n) is 16.4. The lowest BCUT2D eigenvalue weighted by Gasteiger charge is -2.37. The zero-order chi connectivity index (χ0) is 36.4. The molecule has 1 amide bonds. The Bertz CT molecular complexity index is 2320. The predicted molar refractivity (Wildman–Crippen MR) is 195 cm³/mol. The minimum atomic E-state index is -0.958. The summed E-state index contributed by atoms with van der Waals surface area (Å²) >= 11 is 12.8. The molecule has 1 fully saturated rings. The van der Waals surface area contributed by atoms with E-state index in [4.69, 9.17) is 23.2 Å². The first-order chi connectivity index (χ1) is 25.2. The summed E-state index contributed by atoms with van der Waals surface area (Å²) in [6.45, 7) is 0.340. The minimum absolute atomic E-state index is 0.0904. The number of nitriles is 1. The Kier molecular flexibility index (Phi) is 9.89. The second-order valence-corrected chi connectivity index (χ2v) is 13.3. The Balaban J connectivity index is 1.23. The average molecular weight is 740 g/mol. The number of anilines is 3. The van der Waals surface area contributed by atoms with Gasteiger partial charge in [0.15, 0.2) is 0 Å². The third-order valence-electron chi connectivity index (χ3n) is 9.17. The zero-order valence-electron chi connectivity index (χ0n) is 27.3. The highest BCUT2D eigenvalue weighted by Crippen LogP contribution is 2.38. The number of carboxylic acid groups (broad SMARTS) is 1. The summed E-state index contributed by atoms with van der Waals surface area (Å²) in [4.78, 5) is 18.0. The molecule has 0 saturated carbocycles. The fourth-order valence-electron chi connectivity index (χ4n) is 6.66. The Morgan fingerprint density at radius 3 is 2.58 bits per heavy atom. The number of hydrogen-bond donors (Lipinski definition) is 3. The maximum Gasteiger partial charge on any atom is 0.407 e.